The van der Waals surface area contributed by atoms with E-state index in [0.29, 0.717) is 23.2 Å². The van der Waals surface area contributed by atoms with Crippen molar-refractivity contribution in [3.63, 3.8) is 0 Å². The van der Waals surface area contributed by atoms with Gasteiger partial charge >= 0.3 is 0 Å². The Balaban J connectivity index is 2.86. The fourth-order valence-corrected chi connectivity index (χ4v) is 1.06. The van der Waals surface area contributed by atoms with Gasteiger partial charge in [-0.2, -0.15) is 5.26 Å². The Morgan fingerprint density at radius 3 is 2.80 bits per heavy atom. The number of nitrogens with one attached hydrogen (secondary N) is 1. The Hall–Kier alpha value is -2.08. The largest absolute Gasteiger partial charge is 0.321 e. The molecule has 0 spiro atoms. The van der Waals surface area contributed by atoms with Crippen molar-refractivity contribution in [1.29, 1.82) is 5.26 Å². The van der Waals surface area contributed by atoms with Crippen LogP contribution in [-0.4, -0.2) is 5.91 Å². The zero-order valence-electron chi connectivity index (χ0n) is 8.58. The highest BCUT2D eigenvalue weighted by Gasteiger charge is 2.07. The van der Waals surface area contributed by atoms with E-state index in [4.69, 9.17) is 5.26 Å². The van der Waals surface area contributed by atoms with Crippen molar-refractivity contribution in [2.45, 2.75) is 13.3 Å². The van der Waals surface area contributed by atoms with Crippen LogP contribution < -0.4 is 5.32 Å². The van der Waals surface area contributed by atoms with Crippen molar-refractivity contribution in [2.75, 3.05) is 5.32 Å². The van der Waals surface area contributed by atoms with E-state index in [2.05, 4.69) is 11.9 Å². The number of hydrogen-bond donors (Lipinski definition) is 1. The van der Waals surface area contributed by atoms with Gasteiger partial charge in [-0.3, -0.25) is 4.79 Å². The van der Waals surface area contributed by atoms with E-state index in [9.17, 15) is 4.79 Å². The van der Waals surface area contributed by atoms with Crippen LogP contribution in [0.5, 0.6) is 0 Å². The normalized spacial score (nSPS) is 9.07. The topological polar surface area (TPSA) is 52.9 Å². The van der Waals surface area contributed by atoms with Gasteiger partial charge < -0.3 is 5.32 Å². The summed E-state index contributed by atoms with van der Waals surface area (Å²) in [7, 11) is 0. The highest BCUT2D eigenvalue weighted by molar-refractivity contribution is 6.03. The molecule has 0 atom stereocenters. The molecule has 1 aromatic rings. The highest BCUT2D eigenvalue weighted by atomic mass is 16.1. The van der Waals surface area contributed by atoms with Crippen molar-refractivity contribution < 1.29 is 4.79 Å². The molecule has 0 saturated heterocycles. The van der Waals surface area contributed by atoms with Gasteiger partial charge in [0.1, 0.15) is 6.07 Å². The molecule has 0 aliphatic rings. The number of hydrogen-bond acceptors (Lipinski definition) is 2. The van der Waals surface area contributed by atoms with Gasteiger partial charge in [-0.15, -0.1) is 0 Å². The lowest BCUT2D eigenvalue weighted by molar-refractivity contribution is -0.112. The molecule has 3 heteroatoms. The monoisotopic (exact) mass is 200 g/mol. The first-order valence-corrected chi connectivity index (χ1v) is 4.67. The molecule has 3 nitrogen and oxygen atoms in total. The smallest absolute Gasteiger partial charge is 0.251 e. The number of nitriles is 1. The third kappa shape index (κ3) is 2.68. The molecule has 0 aromatic heterocycles. The number of carbonyl (C=O) groups is 1. The van der Waals surface area contributed by atoms with Crippen molar-refractivity contribution in [1.82, 2.24) is 0 Å². The standard InChI is InChI=1S/C12H12N2O/c1-3-9(2)12(15)14-11-7-5-4-6-10(11)8-13/h4-7H,2-3H2,1H3,(H,14,15). The van der Waals surface area contributed by atoms with Crippen LogP contribution in [-0.2, 0) is 4.79 Å². The lowest BCUT2D eigenvalue weighted by atomic mass is 10.1. The second kappa shape index (κ2) is 4.97. The Morgan fingerprint density at radius 1 is 1.53 bits per heavy atom. The summed E-state index contributed by atoms with van der Waals surface area (Å²) < 4.78 is 0. The van der Waals surface area contributed by atoms with Gasteiger partial charge in [0.2, 0.25) is 0 Å². The van der Waals surface area contributed by atoms with E-state index in [0.717, 1.165) is 0 Å². The molecule has 0 aliphatic heterocycles. The second-order valence-corrected chi connectivity index (χ2v) is 3.07. The number of anilines is 1. The predicted molar refractivity (Wildman–Crippen MR) is 59.2 cm³/mol. The van der Waals surface area contributed by atoms with E-state index in [1.807, 2.05) is 13.0 Å². The predicted octanol–water partition coefficient (Wildman–Crippen LogP) is 2.46. The van der Waals surface area contributed by atoms with E-state index in [-0.39, 0.29) is 5.91 Å². The third-order valence-electron chi connectivity index (χ3n) is 2.04. The van der Waals surface area contributed by atoms with Gasteiger partial charge in [-0.1, -0.05) is 25.6 Å². The summed E-state index contributed by atoms with van der Waals surface area (Å²) in [6, 6.07) is 8.89. The average Bonchev–Trinajstić information content (AvgIpc) is 2.28. The first kappa shape index (κ1) is 11.0. The third-order valence-corrected chi connectivity index (χ3v) is 2.04. The summed E-state index contributed by atoms with van der Waals surface area (Å²) in [5, 5.41) is 11.5. The molecule has 0 fully saturated rings. The van der Waals surface area contributed by atoms with Gasteiger partial charge in [0, 0.05) is 5.57 Å². The summed E-state index contributed by atoms with van der Waals surface area (Å²) >= 11 is 0. The molecule has 0 unspecified atom stereocenters. The summed E-state index contributed by atoms with van der Waals surface area (Å²) in [5.74, 6) is -0.236. The van der Waals surface area contributed by atoms with Crippen LogP contribution in [0.1, 0.15) is 18.9 Å². The maximum absolute atomic E-state index is 11.5. The summed E-state index contributed by atoms with van der Waals surface area (Å²) in [4.78, 5) is 11.5. The van der Waals surface area contributed by atoms with Crippen LogP contribution in [0.2, 0.25) is 0 Å². The summed E-state index contributed by atoms with van der Waals surface area (Å²) in [5.41, 5.74) is 1.48. The zero-order chi connectivity index (χ0) is 11.3. The van der Waals surface area contributed by atoms with Gasteiger partial charge in [0.05, 0.1) is 11.3 Å². The van der Waals surface area contributed by atoms with Crippen LogP contribution in [0, 0.1) is 11.3 Å². The number of carbonyl (C=O) groups excluding carboxylic acids is 1. The average molecular weight is 200 g/mol. The Kier molecular flexibility index (Phi) is 3.64. The number of amides is 1. The summed E-state index contributed by atoms with van der Waals surface area (Å²) in [6.07, 6.45) is 0.598. The van der Waals surface area contributed by atoms with Gasteiger partial charge in [0.25, 0.3) is 5.91 Å². The van der Waals surface area contributed by atoms with E-state index in [1.165, 1.54) is 0 Å². The molecule has 0 bridgehead atoms. The quantitative estimate of drug-likeness (QED) is 0.762. The van der Waals surface area contributed by atoms with E-state index < -0.39 is 0 Å². The number of nitrogens with zero attached hydrogens (tertiary/aromatic N) is 1. The van der Waals surface area contributed by atoms with Crippen molar-refractivity contribution in [3.05, 3.63) is 42.0 Å². The summed E-state index contributed by atoms with van der Waals surface area (Å²) in [6.45, 7) is 5.49. The number of rotatable bonds is 3. The van der Waals surface area contributed by atoms with E-state index >= 15 is 0 Å². The molecular formula is C12H12N2O. The molecule has 76 valence electrons. The second-order valence-electron chi connectivity index (χ2n) is 3.07. The molecule has 0 saturated carbocycles. The molecular weight excluding hydrogens is 188 g/mol. The van der Waals surface area contributed by atoms with Crippen molar-refractivity contribution in [2.24, 2.45) is 0 Å². The van der Waals surface area contributed by atoms with Crippen LogP contribution in [0.3, 0.4) is 0 Å². The molecule has 15 heavy (non-hydrogen) atoms. The van der Waals surface area contributed by atoms with Crippen molar-refractivity contribution >= 4 is 11.6 Å². The fourth-order valence-electron chi connectivity index (χ4n) is 1.06. The van der Waals surface area contributed by atoms with Crippen LogP contribution >= 0.6 is 0 Å². The maximum Gasteiger partial charge on any atom is 0.251 e. The molecule has 1 amide bonds. The first-order chi connectivity index (χ1) is 7.19. The van der Waals surface area contributed by atoms with Crippen LogP contribution in [0.25, 0.3) is 0 Å². The van der Waals surface area contributed by atoms with Gasteiger partial charge in [-0.25, -0.2) is 0 Å². The Morgan fingerprint density at radius 2 is 2.20 bits per heavy atom. The lowest BCUT2D eigenvalue weighted by Crippen LogP contribution is -2.13. The molecule has 0 aliphatic carbocycles. The maximum atomic E-state index is 11.5. The first-order valence-electron chi connectivity index (χ1n) is 4.67. The van der Waals surface area contributed by atoms with Crippen LogP contribution in [0.4, 0.5) is 5.69 Å². The minimum Gasteiger partial charge on any atom is -0.321 e. The number of para-hydroxylation sites is 1. The molecule has 1 N–H and O–H groups in total. The van der Waals surface area contributed by atoms with Crippen molar-refractivity contribution in [3.8, 4) is 6.07 Å². The molecule has 0 radical (unpaired) electrons. The Bertz CT molecular complexity index is 429. The fraction of sp³-hybridized carbons (Fsp3) is 0.167. The van der Waals surface area contributed by atoms with Gasteiger partial charge in [-0.05, 0) is 18.6 Å². The Labute approximate surface area is 89.0 Å². The lowest BCUT2D eigenvalue weighted by Gasteiger charge is -2.06. The molecule has 0 heterocycles. The molecule has 1 aromatic carbocycles. The van der Waals surface area contributed by atoms with E-state index in [1.54, 1.807) is 24.3 Å². The zero-order valence-corrected chi connectivity index (χ0v) is 8.58. The van der Waals surface area contributed by atoms with Crippen LogP contribution in [0.15, 0.2) is 36.4 Å². The molecule has 1 rings (SSSR count). The van der Waals surface area contributed by atoms with Gasteiger partial charge in [0.15, 0.2) is 0 Å². The number of benzene rings is 1. The minimum absolute atomic E-state index is 0.236. The minimum atomic E-state index is -0.236. The highest BCUT2D eigenvalue weighted by Crippen LogP contribution is 2.14. The SMILES string of the molecule is C=C(CC)C(=O)Nc1ccccc1C#N.